The molecule has 0 atom stereocenters. The van der Waals surface area contributed by atoms with Crippen LogP contribution in [0.4, 0.5) is 0 Å². The Hall–Kier alpha value is 1.54. The molecule has 1 aliphatic heterocycles. The third kappa shape index (κ3) is 4.59. The van der Waals surface area contributed by atoms with Crippen molar-refractivity contribution in [1.29, 1.82) is 0 Å². The van der Waals surface area contributed by atoms with Gasteiger partial charge in [0.05, 0.1) is 0 Å². The Morgan fingerprint density at radius 1 is 1.43 bits per heavy atom. The van der Waals surface area contributed by atoms with Crippen molar-refractivity contribution >= 4 is 59.2 Å². The van der Waals surface area contributed by atoms with Crippen LogP contribution < -0.4 is 0 Å². The zero-order valence-electron chi connectivity index (χ0n) is 8.58. The summed E-state index contributed by atoms with van der Waals surface area (Å²) in [6, 6.07) is 0. The van der Waals surface area contributed by atoms with Crippen LogP contribution in [0.2, 0.25) is 0 Å². The summed E-state index contributed by atoms with van der Waals surface area (Å²) in [6.45, 7) is 2.26. The van der Waals surface area contributed by atoms with Gasteiger partial charge in [-0.05, 0) is 0 Å². The molecule has 0 aliphatic carbocycles. The molecule has 4 heteroatoms. The fraction of sp³-hybridized carbons (Fsp3) is 0.600. The molecular weight excluding hydrogens is 339 g/mol. The van der Waals surface area contributed by atoms with Crippen molar-refractivity contribution in [2.75, 3.05) is 0 Å². The first-order valence-electron chi connectivity index (χ1n) is 5.20. The Labute approximate surface area is 115 Å². The summed E-state index contributed by atoms with van der Waals surface area (Å²) in [5, 5.41) is 0. The summed E-state index contributed by atoms with van der Waals surface area (Å²) in [5.74, 6) is 0. The molecule has 0 bridgehead atoms. The molecule has 1 aliphatic rings. The number of allylic oxidation sites excluding steroid dienone is 2. The molecule has 0 fully saturated rings. The molecule has 0 unspecified atom stereocenters. The molecular formula is C10H16BrClMgSe. The maximum atomic E-state index is 6.07. The summed E-state index contributed by atoms with van der Waals surface area (Å²) in [6.07, 6.45) is 9.04. The van der Waals surface area contributed by atoms with Crippen LogP contribution >= 0.6 is 25.0 Å². The van der Waals surface area contributed by atoms with Crippen molar-refractivity contribution in [3.8, 4) is 0 Å². The molecule has 0 N–H and O–H groups in total. The third-order valence-electron chi connectivity index (χ3n) is 2.39. The molecule has 0 amide bonds. The first-order valence-corrected chi connectivity index (χ1v) is 10.9. The molecule has 0 nitrogen and oxygen atoms in total. The van der Waals surface area contributed by atoms with Gasteiger partial charge in [-0.3, -0.25) is 0 Å². The second-order valence-corrected chi connectivity index (χ2v) is 12.1. The van der Waals surface area contributed by atoms with E-state index in [1.54, 1.807) is 8.17 Å². The normalized spacial score (nSPS) is 18.6. The van der Waals surface area contributed by atoms with E-state index in [-0.39, 0.29) is 15.0 Å². The van der Waals surface area contributed by atoms with Crippen molar-refractivity contribution < 1.29 is 0 Å². The van der Waals surface area contributed by atoms with Gasteiger partial charge in [0.15, 0.2) is 0 Å². The van der Waals surface area contributed by atoms with Gasteiger partial charge in [0, 0.05) is 0 Å². The van der Waals surface area contributed by atoms with Gasteiger partial charge in [-0.15, -0.1) is 0 Å². The van der Waals surface area contributed by atoms with E-state index in [4.69, 9.17) is 9.07 Å². The summed E-state index contributed by atoms with van der Waals surface area (Å²) >= 11 is 3.22. The van der Waals surface area contributed by atoms with Crippen molar-refractivity contribution in [3.63, 3.8) is 0 Å². The quantitative estimate of drug-likeness (QED) is 0.506. The van der Waals surface area contributed by atoms with E-state index in [0.717, 1.165) is 0 Å². The number of hydrogen-bond acceptors (Lipinski definition) is 0. The number of hydrogen-bond donors (Lipinski definition) is 0. The van der Waals surface area contributed by atoms with Gasteiger partial charge in [0.2, 0.25) is 0 Å². The van der Waals surface area contributed by atoms with Gasteiger partial charge >= 0.3 is 116 Å². The van der Waals surface area contributed by atoms with Gasteiger partial charge in [-0.1, -0.05) is 0 Å². The zero-order chi connectivity index (χ0) is 10.4. The van der Waals surface area contributed by atoms with Crippen LogP contribution in [0.15, 0.2) is 17.6 Å². The van der Waals surface area contributed by atoms with Gasteiger partial charge in [0.25, 0.3) is 0 Å². The van der Waals surface area contributed by atoms with E-state index in [9.17, 15) is 0 Å². The standard InChI is InChI=1S/C10H16BrSe.ClH.Mg/c1-2-3-4-5-6-9-7-10(11)12-8-9;;/h7H,2-6,12H2,1H3;1H;/q;;+1/p-1. The van der Waals surface area contributed by atoms with Crippen LogP contribution in [0, 0.1) is 0 Å². The molecule has 0 aromatic rings. The number of halogens is 2. The minimum atomic E-state index is -0.403. The van der Waals surface area contributed by atoms with Crippen molar-refractivity contribution in [2.45, 2.75) is 39.0 Å². The van der Waals surface area contributed by atoms with E-state index in [0.29, 0.717) is 0 Å². The van der Waals surface area contributed by atoms with Crippen molar-refractivity contribution in [3.05, 3.63) is 17.6 Å². The van der Waals surface area contributed by atoms with Gasteiger partial charge in [-0.2, -0.15) is 0 Å². The average Bonchev–Trinajstić information content (AvgIpc) is 2.54. The number of unbranched alkanes of at least 4 members (excludes halogenated alkanes) is 3. The molecule has 0 aromatic heterocycles. The Bertz CT molecular complexity index is 251. The fourth-order valence-corrected chi connectivity index (χ4v) is 9.81. The third-order valence-corrected chi connectivity index (χ3v) is 10.7. The predicted molar refractivity (Wildman–Crippen MR) is 72.9 cm³/mol. The molecule has 78 valence electrons. The summed E-state index contributed by atoms with van der Waals surface area (Å²) < 4.78 is 3.13. The van der Waals surface area contributed by atoms with E-state index < -0.39 is 19.3 Å². The van der Waals surface area contributed by atoms with E-state index >= 15 is 0 Å². The van der Waals surface area contributed by atoms with Crippen molar-refractivity contribution in [2.24, 2.45) is 0 Å². The average molecular weight is 355 g/mol. The molecule has 1 heterocycles. The van der Waals surface area contributed by atoms with Gasteiger partial charge < -0.3 is 0 Å². The molecule has 0 aromatic carbocycles. The van der Waals surface area contributed by atoms with Crippen LogP contribution in [0.1, 0.15) is 39.0 Å². The molecule has 0 saturated carbocycles. The molecule has 0 saturated heterocycles. The van der Waals surface area contributed by atoms with Crippen LogP contribution in [-0.4, -0.2) is 34.2 Å². The minimum absolute atomic E-state index is 0.00326. The monoisotopic (exact) mass is 354 g/mol. The summed E-state index contributed by atoms with van der Waals surface area (Å²) in [5.41, 5.74) is 1.59. The van der Waals surface area contributed by atoms with Crippen LogP contribution in [-0.2, 0) is 0 Å². The Kier molecular flexibility index (Phi) is 7.53. The first kappa shape index (κ1) is 13.6. The predicted octanol–water partition coefficient (Wildman–Crippen LogP) is 3.45. The van der Waals surface area contributed by atoms with Crippen molar-refractivity contribution in [1.82, 2.24) is 0 Å². The molecule has 0 spiro atoms. The molecule has 14 heavy (non-hydrogen) atoms. The van der Waals surface area contributed by atoms with Crippen LogP contribution in [0.25, 0.3) is 0 Å². The first-order chi connectivity index (χ1) is 6.77. The van der Waals surface area contributed by atoms with Gasteiger partial charge in [-0.25, -0.2) is 0 Å². The second-order valence-electron chi connectivity index (χ2n) is 3.57. The Balaban J connectivity index is 2.34. The van der Waals surface area contributed by atoms with E-state index in [1.165, 1.54) is 35.5 Å². The second kappa shape index (κ2) is 7.75. The summed E-state index contributed by atoms with van der Waals surface area (Å²) in [4.78, 5) is 0. The Morgan fingerprint density at radius 3 is 2.86 bits per heavy atom. The van der Waals surface area contributed by atoms with Crippen LogP contribution in [0.3, 0.4) is 0 Å². The van der Waals surface area contributed by atoms with Gasteiger partial charge in [0.1, 0.15) is 0 Å². The Morgan fingerprint density at radius 2 is 2.21 bits per heavy atom. The van der Waals surface area contributed by atoms with E-state index in [2.05, 4.69) is 28.9 Å². The topological polar surface area (TPSA) is 0 Å². The maximum absolute atomic E-state index is 6.07. The molecule has 0 radical (unpaired) electrons. The zero-order valence-corrected chi connectivity index (χ0v) is 14.4. The summed E-state index contributed by atoms with van der Waals surface area (Å²) in [7, 11) is 6.07. The fourth-order valence-electron chi connectivity index (χ4n) is 1.59. The SMILES string of the molecule is CCCCCCC1=[C]([Mg][Cl])[SeH2]C(Br)=C1. The van der Waals surface area contributed by atoms with Crippen LogP contribution in [0.5, 0.6) is 0 Å². The molecule has 1 rings (SSSR count). The van der Waals surface area contributed by atoms with E-state index in [1.807, 2.05) is 0 Å². The number of rotatable bonds is 6.